The second kappa shape index (κ2) is 7.07. The van der Waals surface area contributed by atoms with Crippen LogP contribution >= 0.6 is 22.6 Å². The summed E-state index contributed by atoms with van der Waals surface area (Å²) in [6, 6.07) is 8.63. The van der Waals surface area contributed by atoms with Gasteiger partial charge in [0.1, 0.15) is 0 Å². The fraction of sp³-hybridized carbons (Fsp3) is 0.647. The monoisotopic (exact) mass is 372 g/mol. The van der Waals surface area contributed by atoms with Crippen LogP contribution in [0.15, 0.2) is 24.3 Å². The molecule has 106 valence electrons. The maximum absolute atomic E-state index is 6.42. The zero-order valence-corrected chi connectivity index (χ0v) is 14.4. The van der Waals surface area contributed by atoms with Crippen LogP contribution in [0.5, 0.6) is 0 Å². The number of halogens is 1. The van der Waals surface area contributed by atoms with Gasteiger partial charge in [0.2, 0.25) is 0 Å². The van der Waals surface area contributed by atoms with Crippen molar-refractivity contribution in [3.63, 3.8) is 0 Å². The summed E-state index contributed by atoms with van der Waals surface area (Å²) in [5.74, 6) is 1.65. The molecule has 19 heavy (non-hydrogen) atoms. The topological polar surface area (TPSA) is 9.23 Å². The quantitative estimate of drug-likeness (QED) is 0.514. The summed E-state index contributed by atoms with van der Waals surface area (Å²) in [5, 5.41) is 0. The molecule has 1 fully saturated rings. The van der Waals surface area contributed by atoms with Crippen molar-refractivity contribution in [2.75, 3.05) is 4.43 Å². The van der Waals surface area contributed by atoms with Gasteiger partial charge < -0.3 is 4.74 Å². The van der Waals surface area contributed by atoms with Gasteiger partial charge in [-0.25, -0.2) is 0 Å². The van der Waals surface area contributed by atoms with E-state index in [4.69, 9.17) is 4.74 Å². The SMILES string of the molecule is Cc1ccccc1C(CI)OC1CCC(C)C(C)C1. The third-order valence-corrected chi connectivity index (χ3v) is 5.38. The second-order valence-electron chi connectivity index (χ2n) is 6.03. The molecular weight excluding hydrogens is 347 g/mol. The third kappa shape index (κ3) is 3.94. The minimum absolute atomic E-state index is 0.257. The molecule has 0 amide bonds. The highest BCUT2D eigenvalue weighted by molar-refractivity contribution is 14.1. The van der Waals surface area contributed by atoms with E-state index < -0.39 is 0 Å². The van der Waals surface area contributed by atoms with Crippen LogP contribution in [0, 0.1) is 18.8 Å². The number of alkyl halides is 1. The molecule has 0 aliphatic heterocycles. The van der Waals surface area contributed by atoms with E-state index in [1.165, 1.54) is 30.4 Å². The Balaban J connectivity index is 2.02. The Morgan fingerprint density at radius 2 is 1.95 bits per heavy atom. The van der Waals surface area contributed by atoms with E-state index in [0.717, 1.165) is 16.3 Å². The maximum Gasteiger partial charge on any atom is 0.0920 e. The van der Waals surface area contributed by atoms with Crippen LogP contribution in [0.3, 0.4) is 0 Å². The predicted molar refractivity (Wildman–Crippen MR) is 89.9 cm³/mol. The molecule has 1 aromatic rings. The minimum atomic E-state index is 0.257. The number of benzene rings is 1. The first-order chi connectivity index (χ1) is 9.11. The Kier molecular flexibility index (Phi) is 5.70. The fourth-order valence-corrected chi connectivity index (χ4v) is 3.68. The zero-order valence-electron chi connectivity index (χ0n) is 12.2. The molecule has 0 aromatic heterocycles. The lowest BCUT2D eigenvalue weighted by molar-refractivity contribution is -0.0379. The fourth-order valence-electron chi connectivity index (χ4n) is 2.99. The molecule has 2 rings (SSSR count). The van der Waals surface area contributed by atoms with Crippen molar-refractivity contribution >= 4 is 22.6 Å². The molecule has 1 saturated carbocycles. The largest absolute Gasteiger partial charge is 0.369 e. The first kappa shape index (κ1) is 15.3. The first-order valence-corrected chi connectivity index (χ1v) is 8.91. The summed E-state index contributed by atoms with van der Waals surface area (Å²) >= 11 is 2.45. The average Bonchev–Trinajstić information content (AvgIpc) is 2.41. The number of rotatable bonds is 4. The number of hydrogen-bond donors (Lipinski definition) is 0. The molecule has 1 nitrogen and oxygen atoms in total. The normalized spacial score (nSPS) is 29.2. The maximum atomic E-state index is 6.42. The Bertz CT molecular complexity index is 404. The third-order valence-electron chi connectivity index (χ3n) is 4.58. The van der Waals surface area contributed by atoms with Crippen LogP contribution in [0.25, 0.3) is 0 Å². The van der Waals surface area contributed by atoms with Crippen molar-refractivity contribution < 1.29 is 4.74 Å². The molecule has 1 aromatic carbocycles. The summed E-state index contributed by atoms with van der Waals surface area (Å²) in [6.07, 6.45) is 4.47. The molecule has 0 radical (unpaired) electrons. The van der Waals surface area contributed by atoms with Crippen molar-refractivity contribution in [2.24, 2.45) is 11.8 Å². The number of aryl methyl sites for hydroxylation is 1. The number of hydrogen-bond acceptors (Lipinski definition) is 1. The first-order valence-electron chi connectivity index (χ1n) is 7.38. The number of ether oxygens (including phenoxy) is 1. The molecule has 1 aliphatic carbocycles. The van der Waals surface area contributed by atoms with Crippen molar-refractivity contribution in [3.05, 3.63) is 35.4 Å². The molecule has 2 heteroatoms. The van der Waals surface area contributed by atoms with Gasteiger partial charge in [-0.1, -0.05) is 60.7 Å². The van der Waals surface area contributed by atoms with E-state index in [2.05, 4.69) is 67.6 Å². The summed E-state index contributed by atoms with van der Waals surface area (Å²) < 4.78 is 7.45. The van der Waals surface area contributed by atoms with Crippen molar-refractivity contribution in [1.82, 2.24) is 0 Å². The summed E-state index contributed by atoms with van der Waals surface area (Å²) in [5.41, 5.74) is 2.71. The van der Waals surface area contributed by atoms with E-state index in [0.29, 0.717) is 6.10 Å². The predicted octanol–water partition coefficient (Wildman–Crippen LogP) is 5.31. The molecular formula is C17H25IO. The molecule has 0 spiro atoms. The average molecular weight is 372 g/mol. The summed E-state index contributed by atoms with van der Waals surface area (Å²) in [6.45, 7) is 6.93. The van der Waals surface area contributed by atoms with Crippen molar-refractivity contribution in [3.8, 4) is 0 Å². The lowest BCUT2D eigenvalue weighted by Gasteiger charge is -2.34. The summed E-state index contributed by atoms with van der Waals surface area (Å²) in [7, 11) is 0. The standard InChI is InChI=1S/C17H25IO/c1-12-8-9-15(10-14(12)3)19-17(11-18)16-7-5-4-6-13(16)2/h4-7,12,14-15,17H,8-11H2,1-3H3. The highest BCUT2D eigenvalue weighted by atomic mass is 127. The van der Waals surface area contributed by atoms with Crippen molar-refractivity contribution in [1.29, 1.82) is 0 Å². The molecule has 0 heterocycles. The molecule has 0 N–H and O–H groups in total. The highest BCUT2D eigenvalue weighted by Crippen LogP contribution is 2.34. The van der Waals surface area contributed by atoms with Crippen LogP contribution in [-0.4, -0.2) is 10.5 Å². The smallest absolute Gasteiger partial charge is 0.0920 e. The lowest BCUT2D eigenvalue weighted by Crippen LogP contribution is -2.28. The van der Waals surface area contributed by atoms with Gasteiger partial charge in [0.15, 0.2) is 0 Å². The Hall–Kier alpha value is -0.0900. The molecule has 0 bridgehead atoms. The van der Waals surface area contributed by atoms with Crippen LogP contribution < -0.4 is 0 Å². The van der Waals surface area contributed by atoms with Gasteiger partial charge in [-0.2, -0.15) is 0 Å². The van der Waals surface area contributed by atoms with Gasteiger partial charge >= 0.3 is 0 Å². The lowest BCUT2D eigenvalue weighted by atomic mass is 9.80. The molecule has 0 saturated heterocycles. The van der Waals surface area contributed by atoms with Gasteiger partial charge in [0.25, 0.3) is 0 Å². The van der Waals surface area contributed by atoms with Gasteiger partial charge in [-0.15, -0.1) is 0 Å². The van der Waals surface area contributed by atoms with E-state index in [1.54, 1.807) is 0 Å². The van der Waals surface area contributed by atoms with Gasteiger partial charge in [-0.3, -0.25) is 0 Å². The minimum Gasteiger partial charge on any atom is -0.369 e. The van der Waals surface area contributed by atoms with Gasteiger partial charge in [-0.05, 0) is 49.1 Å². The Morgan fingerprint density at radius 1 is 1.21 bits per heavy atom. The van der Waals surface area contributed by atoms with Gasteiger partial charge in [0.05, 0.1) is 12.2 Å². The molecule has 4 unspecified atom stereocenters. The highest BCUT2D eigenvalue weighted by Gasteiger charge is 2.27. The van der Waals surface area contributed by atoms with E-state index >= 15 is 0 Å². The van der Waals surface area contributed by atoms with Crippen LogP contribution in [0.1, 0.15) is 50.3 Å². The summed E-state index contributed by atoms with van der Waals surface area (Å²) in [4.78, 5) is 0. The van der Waals surface area contributed by atoms with E-state index in [-0.39, 0.29) is 6.10 Å². The van der Waals surface area contributed by atoms with E-state index in [9.17, 15) is 0 Å². The van der Waals surface area contributed by atoms with Crippen LogP contribution in [0.2, 0.25) is 0 Å². The second-order valence-corrected chi connectivity index (χ2v) is 6.91. The zero-order chi connectivity index (χ0) is 13.8. The van der Waals surface area contributed by atoms with E-state index in [1.807, 2.05) is 0 Å². The Morgan fingerprint density at radius 3 is 2.58 bits per heavy atom. The van der Waals surface area contributed by atoms with Gasteiger partial charge in [0, 0.05) is 4.43 Å². The van der Waals surface area contributed by atoms with Crippen molar-refractivity contribution in [2.45, 2.75) is 52.2 Å². The van der Waals surface area contributed by atoms with Crippen LogP contribution in [-0.2, 0) is 4.74 Å². The molecule has 1 aliphatic rings. The molecule has 4 atom stereocenters. The van der Waals surface area contributed by atoms with Crippen LogP contribution in [0.4, 0.5) is 0 Å². The Labute approximate surface area is 131 Å².